The molecule has 0 unspecified atom stereocenters. The molecule has 0 aliphatic heterocycles. The van der Waals surface area contributed by atoms with Crippen LogP contribution in [0.25, 0.3) is 0 Å². The fraction of sp³-hybridized carbons (Fsp3) is 0.167. The maximum Gasteiger partial charge on any atom is 0.332 e. The van der Waals surface area contributed by atoms with E-state index < -0.39 is 22.2 Å². The predicted octanol–water partition coefficient (Wildman–Crippen LogP) is 2.76. The molecule has 2 N–H and O–H groups in total. The Balaban J connectivity index is 2.54. The summed E-state index contributed by atoms with van der Waals surface area (Å²) < 4.78 is 26.8. The second-order valence-corrected chi connectivity index (χ2v) is 4.06. The molecule has 2 rings (SSSR count). The first-order valence-corrected chi connectivity index (χ1v) is 5.86. The lowest BCUT2D eigenvalue weighted by Gasteiger charge is -2.10. The van der Waals surface area contributed by atoms with Crippen molar-refractivity contribution in [3.8, 4) is 0 Å². The van der Waals surface area contributed by atoms with Gasteiger partial charge in [0.15, 0.2) is 11.6 Å². The molecule has 1 aromatic carbocycles. The van der Waals surface area contributed by atoms with Crippen molar-refractivity contribution in [1.82, 2.24) is 9.97 Å². The van der Waals surface area contributed by atoms with Crippen LogP contribution in [0.4, 0.5) is 31.9 Å². The lowest BCUT2D eigenvalue weighted by molar-refractivity contribution is -0.385. The van der Waals surface area contributed by atoms with Crippen molar-refractivity contribution in [2.75, 3.05) is 17.7 Å². The molecule has 0 spiro atoms. The third kappa shape index (κ3) is 2.86. The number of nitrogens with zero attached hydrogens (tertiary/aromatic N) is 3. The van der Waals surface area contributed by atoms with Gasteiger partial charge in [-0.25, -0.2) is 13.8 Å². The highest BCUT2D eigenvalue weighted by Crippen LogP contribution is 2.30. The van der Waals surface area contributed by atoms with E-state index >= 15 is 0 Å². The summed E-state index contributed by atoms with van der Waals surface area (Å²) in [5.41, 5.74) is -0.561. The molecule has 1 heterocycles. The Morgan fingerprint density at radius 3 is 2.62 bits per heavy atom. The molecule has 0 atom stereocenters. The number of nitro groups is 1. The highest BCUT2D eigenvalue weighted by Gasteiger charge is 2.23. The van der Waals surface area contributed by atoms with E-state index in [1.165, 1.54) is 26.1 Å². The second-order valence-electron chi connectivity index (χ2n) is 4.06. The van der Waals surface area contributed by atoms with E-state index in [0.717, 1.165) is 6.07 Å². The van der Waals surface area contributed by atoms with Crippen LogP contribution < -0.4 is 10.6 Å². The Hall–Kier alpha value is -2.84. The Morgan fingerprint density at radius 2 is 2.00 bits per heavy atom. The lowest BCUT2D eigenvalue weighted by Crippen LogP contribution is -2.08. The van der Waals surface area contributed by atoms with Crippen molar-refractivity contribution < 1.29 is 13.7 Å². The molecule has 1 aromatic heterocycles. The fourth-order valence-corrected chi connectivity index (χ4v) is 1.71. The van der Waals surface area contributed by atoms with Gasteiger partial charge in [-0.2, -0.15) is 4.98 Å². The molecule has 2 aromatic rings. The predicted molar refractivity (Wildman–Crippen MR) is 72.6 cm³/mol. The topological polar surface area (TPSA) is 93.0 Å². The van der Waals surface area contributed by atoms with Crippen molar-refractivity contribution >= 4 is 23.1 Å². The minimum atomic E-state index is -1.14. The van der Waals surface area contributed by atoms with Gasteiger partial charge in [-0.05, 0) is 19.1 Å². The van der Waals surface area contributed by atoms with E-state index in [1.54, 1.807) is 0 Å². The number of hydrogen-bond donors (Lipinski definition) is 2. The molecule has 21 heavy (non-hydrogen) atoms. The van der Waals surface area contributed by atoms with E-state index in [0.29, 0.717) is 0 Å². The molecular formula is C12H11F2N5O2. The summed E-state index contributed by atoms with van der Waals surface area (Å²) in [5, 5.41) is 16.1. The second kappa shape index (κ2) is 5.65. The average molecular weight is 295 g/mol. The molecule has 0 aliphatic carbocycles. The van der Waals surface area contributed by atoms with Gasteiger partial charge in [0, 0.05) is 7.05 Å². The van der Waals surface area contributed by atoms with Crippen molar-refractivity contribution in [2.24, 2.45) is 0 Å². The fourth-order valence-electron chi connectivity index (χ4n) is 1.71. The van der Waals surface area contributed by atoms with Crippen LogP contribution in [0.1, 0.15) is 5.69 Å². The van der Waals surface area contributed by atoms with Crippen LogP contribution in [0.5, 0.6) is 0 Å². The Bertz CT molecular complexity index is 708. The van der Waals surface area contributed by atoms with Crippen LogP contribution in [0.2, 0.25) is 0 Å². The molecule has 0 saturated heterocycles. The zero-order valence-electron chi connectivity index (χ0n) is 11.1. The van der Waals surface area contributed by atoms with Crippen LogP contribution in [0, 0.1) is 28.7 Å². The van der Waals surface area contributed by atoms with Crippen molar-refractivity contribution in [1.29, 1.82) is 0 Å². The summed E-state index contributed by atoms with van der Waals surface area (Å²) in [6, 6.07) is 3.47. The summed E-state index contributed by atoms with van der Waals surface area (Å²) in [7, 11) is 1.53. The number of anilines is 3. The maximum absolute atomic E-state index is 13.6. The van der Waals surface area contributed by atoms with E-state index in [1.807, 2.05) is 0 Å². The molecule has 0 radical (unpaired) electrons. The Labute approximate surface area is 118 Å². The van der Waals surface area contributed by atoms with E-state index in [4.69, 9.17) is 0 Å². The molecule has 0 aliphatic rings. The van der Waals surface area contributed by atoms with Gasteiger partial charge < -0.3 is 10.6 Å². The van der Waals surface area contributed by atoms with Gasteiger partial charge in [0.25, 0.3) is 0 Å². The molecule has 0 amide bonds. The standard InChI is InChI=1S/C12H11F2N5O2/c1-6-10(19(20)21)11(18-12(15-2)16-6)17-8-5-3-4-7(13)9(8)14/h3-5H,1-2H3,(H2,15,16,17,18). The number of rotatable bonds is 4. The van der Waals surface area contributed by atoms with Gasteiger partial charge >= 0.3 is 5.69 Å². The van der Waals surface area contributed by atoms with Gasteiger partial charge in [-0.15, -0.1) is 0 Å². The summed E-state index contributed by atoms with van der Waals surface area (Å²) in [6.07, 6.45) is 0. The van der Waals surface area contributed by atoms with Gasteiger partial charge in [-0.1, -0.05) is 6.07 Å². The number of aryl methyl sites for hydroxylation is 1. The first-order chi connectivity index (χ1) is 9.93. The summed E-state index contributed by atoms with van der Waals surface area (Å²) >= 11 is 0. The van der Waals surface area contributed by atoms with Crippen molar-refractivity contribution in [2.45, 2.75) is 6.92 Å². The number of hydrogen-bond acceptors (Lipinski definition) is 6. The molecule has 7 nitrogen and oxygen atoms in total. The van der Waals surface area contributed by atoms with Gasteiger partial charge in [0.1, 0.15) is 5.69 Å². The Kier molecular flexibility index (Phi) is 3.92. The maximum atomic E-state index is 13.6. The van der Waals surface area contributed by atoms with Crippen LogP contribution in [0.3, 0.4) is 0 Å². The third-order valence-corrected chi connectivity index (χ3v) is 2.67. The molecule has 9 heteroatoms. The van der Waals surface area contributed by atoms with E-state index in [2.05, 4.69) is 20.6 Å². The highest BCUT2D eigenvalue weighted by molar-refractivity contribution is 5.68. The van der Waals surface area contributed by atoms with E-state index in [-0.39, 0.29) is 23.1 Å². The molecular weight excluding hydrogens is 284 g/mol. The highest BCUT2D eigenvalue weighted by atomic mass is 19.2. The molecule has 110 valence electrons. The van der Waals surface area contributed by atoms with Crippen LogP contribution in [-0.4, -0.2) is 21.9 Å². The minimum absolute atomic E-state index is 0.0960. The molecule has 0 bridgehead atoms. The van der Waals surface area contributed by atoms with Crippen LogP contribution in [0.15, 0.2) is 18.2 Å². The Morgan fingerprint density at radius 1 is 1.29 bits per heavy atom. The number of aromatic nitrogens is 2. The minimum Gasteiger partial charge on any atom is -0.357 e. The van der Waals surface area contributed by atoms with Crippen molar-refractivity contribution in [3.05, 3.63) is 45.6 Å². The summed E-state index contributed by atoms with van der Waals surface area (Å²) in [4.78, 5) is 18.2. The van der Waals surface area contributed by atoms with Crippen molar-refractivity contribution in [3.63, 3.8) is 0 Å². The zero-order chi connectivity index (χ0) is 15.6. The third-order valence-electron chi connectivity index (χ3n) is 2.67. The lowest BCUT2D eigenvalue weighted by atomic mass is 10.2. The molecule has 0 fully saturated rings. The number of nitrogens with one attached hydrogen (secondary N) is 2. The number of benzene rings is 1. The van der Waals surface area contributed by atoms with Gasteiger partial charge in [-0.3, -0.25) is 10.1 Å². The monoisotopic (exact) mass is 295 g/mol. The van der Waals surface area contributed by atoms with Crippen LogP contribution >= 0.6 is 0 Å². The first kappa shape index (κ1) is 14.6. The first-order valence-electron chi connectivity index (χ1n) is 5.86. The van der Waals surface area contributed by atoms with Gasteiger partial charge in [0.05, 0.1) is 10.6 Å². The normalized spacial score (nSPS) is 10.3. The SMILES string of the molecule is CNc1nc(C)c([N+](=O)[O-])c(Nc2cccc(F)c2F)n1. The number of halogens is 2. The van der Waals surface area contributed by atoms with Gasteiger partial charge in [0.2, 0.25) is 11.8 Å². The zero-order valence-corrected chi connectivity index (χ0v) is 11.1. The largest absolute Gasteiger partial charge is 0.357 e. The van der Waals surface area contributed by atoms with Crippen LogP contribution in [-0.2, 0) is 0 Å². The summed E-state index contributed by atoms with van der Waals surface area (Å²) in [6.45, 7) is 1.42. The average Bonchev–Trinajstić information content (AvgIpc) is 2.42. The van der Waals surface area contributed by atoms with E-state index in [9.17, 15) is 18.9 Å². The summed E-state index contributed by atoms with van der Waals surface area (Å²) in [5.74, 6) is -2.31. The quantitative estimate of drug-likeness (QED) is 0.665. The molecule has 0 saturated carbocycles. The smallest absolute Gasteiger partial charge is 0.332 e.